The lowest BCUT2D eigenvalue weighted by Gasteiger charge is -2.12. The summed E-state index contributed by atoms with van der Waals surface area (Å²) in [6.07, 6.45) is 1.68. The maximum atomic E-state index is 12.4. The first-order valence-electron chi connectivity index (χ1n) is 6.77. The topological polar surface area (TPSA) is 29.1 Å². The van der Waals surface area contributed by atoms with Crippen molar-refractivity contribution < 1.29 is 4.79 Å². The Bertz CT molecular complexity index is 641. The zero-order valence-electron chi connectivity index (χ0n) is 11.3. The highest BCUT2D eigenvalue weighted by Crippen LogP contribution is 2.29. The lowest BCUT2D eigenvalue weighted by molar-refractivity contribution is -0.119. The molecule has 0 aliphatic heterocycles. The van der Waals surface area contributed by atoms with Gasteiger partial charge >= 0.3 is 0 Å². The molecule has 2 aromatic carbocycles. The van der Waals surface area contributed by atoms with Crippen LogP contribution in [0.3, 0.4) is 0 Å². The number of nitrogens with one attached hydrogen (secondary N) is 1. The van der Waals surface area contributed by atoms with E-state index in [1.165, 1.54) is 11.1 Å². The van der Waals surface area contributed by atoms with Gasteiger partial charge in [0.15, 0.2) is 0 Å². The highest BCUT2D eigenvalue weighted by atomic mass is 79.9. The summed E-state index contributed by atoms with van der Waals surface area (Å²) in [5.41, 5.74) is 4.59. The molecule has 2 nitrogen and oxygen atoms in total. The van der Waals surface area contributed by atoms with Crippen molar-refractivity contribution in [2.75, 3.05) is 5.32 Å². The lowest BCUT2D eigenvalue weighted by atomic mass is 10.1. The molecule has 1 aliphatic carbocycles. The summed E-state index contributed by atoms with van der Waals surface area (Å²) >= 11 is 3.48. The van der Waals surface area contributed by atoms with Crippen LogP contribution < -0.4 is 5.32 Å². The first-order chi connectivity index (χ1) is 9.63. The van der Waals surface area contributed by atoms with Crippen molar-refractivity contribution in [1.29, 1.82) is 0 Å². The highest BCUT2D eigenvalue weighted by Gasteiger charge is 2.27. The van der Waals surface area contributed by atoms with Crippen LogP contribution in [-0.4, -0.2) is 5.91 Å². The molecular weight excluding hydrogens is 314 g/mol. The molecule has 1 N–H and O–H groups in total. The smallest absolute Gasteiger partial charge is 0.228 e. The fourth-order valence-electron chi connectivity index (χ4n) is 2.71. The molecule has 1 aliphatic rings. The van der Waals surface area contributed by atoms with E-state index in [2.05, 4.69) is 33.4 Å². The summed E-state index contributed by atoms with van der Waals surface area (Å²) < 4.78 is 0.923. The van der Waals surface area contributed by atoms with E-state index in [0.717, 1.165) is 28.6 Å². The number of rotatable bonds is 2. The van der Waals surface area contributed by atoms with Gasteiger partial charge in [-0.25, -0.2) is 0 Å². The third kappa shape index (κ3) is 2.63. The predicted molar refractivity (Wildman–Crippen MR) is 84.8 cm³/mol. The van der Waals surface area contributed by atoms with E-state index in [0.29, 0.717) is 0 Å². The molecule has 0 atom stereocenters. The van der Waals surface area contributed by atoms with Gasteiger partial charge in [-0.3, -0.25) is 4.79 Å². The molecule has 0 bridgehead atoms. The Balaban J connectivity index is 1.74. The van der Waals surface area contributed by atoms with E-state index in [1.807, 2.05) is 37.3 Å². The maximum Gasteiger partial charge on any atom is 0.228 e. The summed E-state index contributed by atoms with van der Waals surface area (Å²) in [5.74, 6) is 0.146. The Morgan fingerprint density at radius 2 is 1.80 bits per heavy atom. The molecule has 0 spiro atoms. The van der Waals surface area contributed by atoms with Gasteiger partial charge in [0.05, 0.1) is 5.69 Å². The Morgan fingerprint density at radius 1 is 1.15 bits per heavy atom. The van der Waals surface area contributed by atoms with Crippen molar-refractivity contribution in [1.82, 2.24) is 0 Å². The van der Waals surface area contributed by atoms with Gasteiger partial charge in [0.25, 0.3) is 0 Å². The van der Waals surface area contributed by atoms with E-state index in [9.17, 15) is 4.79 Å². The van der Waals surface area contributed by atoms with Crippen LogP contribution in [0.25, 0.3) is 0 Å². The monoisotopic (exact) mass is 329 g/mol. The minimum absolute atomic E-state index is 0.0415. The number of halogens is 1. The van der Waals surface area contributed by atoms with Crippen molar-refractivity contribution in [2.45, 2.75) is 19.8 Å². The summed E-state index contributed by atoms with van der Waals surface area (Å²) in [6.45, 7) is 2.02. The SMILES string of the molecule is Cc1ccc(Br)c(NC(=O)C2Cc3ccccc3C2)c1. The zero-order chi connectivity index (χ0) is 14.1. The maximum absolute atomic E-state index is 12.4. The van der Waals surface area contributed by atoms with Crippen molar-refractivity contribution in [3.63, 3.8) is 0 Å². The largest absolute Gasteiger partial charge is 0.325 e. The van der Waals surface area contributed by atoms with Crippen LogP contribution in [0.15, 0.2) is 46.9 Å². The molecular formula is C17H16BrNO. The van der Waals surface area contributed by atoms with E-state index in [-0.39, 0.29) is 11.8 Å². The number of benzene rings is 2. The van der Waals surface area contributed by atoms with Gasteiger partial charge in [-0.15, -0.1) is 0 Å². The number of amides is 1. The summed E-state index contributed by atoms with van der Waals surface area (Å²) in [6, 6.07) is 14.3. The molecule has 0 fully saturated rings. The Hall–Kier alpha value is -1.61. The number of anilines is 1. The van der Waals surface area contributed by atoms with Crippen LogP contribution in [-0.2, 0) is 17.6 Å². The van der Waals surface area contributed by atoms with Crippen LogP contribution in [0.2, 0.25) is 0 Å². The van der Waals surface area contributed by atoms with Gasteiger partial charge in [0.2, 0.25) is 5.91 Å². The predicted octanol–water partition coefficient (Wildman–Crippen LogP) is 4.11. The molecule has 2 aromatic rings. The molecule has 102 valence electrons. The molecule has 0 heterocycles. The number of aryl methyl sites for hydroxylation is 1. The van der Waals surface area contributed by atoms with Crippen molar-refractivity contribution in [3.05, 3.63) is 63.6 Å². The average Bonchev–Trinajstić information content (AvgIpc) is 2.87. The lowest BCUT2D eigenvalue weighted by Crippen LogP contribution is -2.23. The van der Waals surface area contributed by atoms with Crippen molar-refractivity contribution in [3.8, 4) is 0 Å². The highest BCUT2D eigenvalue weighted by molar-refractivity contribution is 9.10. The second-order valence-corrected chi connectivity index (χ2v) is 6.20. The number of fused-ring (bicyclic) bond motifs is 1. The number of hydrogen-bond donors (Lipinski definition) is 1. The van der Waals surface area contributed by atoms with Crippen molar-refractivity contribution in [2.24, 2.45) is 5.92 Å². The van der Waals surface area contributed by atoms with Gasteiger partial charge in [-0.2, -0.15) is 0 Å². The van der Waals surface area contributed by atoms with Crippen molar-refractivity contribution >= 4 is 27.5 Å². The van der Waals surface area contributed by atoms with Crippen LogP contribution in [0.4, 0.5) is 5.69 Å². The summed E-state index contributed by atoms with van der Waals surface area (Å²) in [5, 5.41) is 3.04. The molecule has 0 unspecified atom stereocenters. The minimum atomic E-state index is 0.0415. The Kier molecular flexibility index (Phi) is 3.62. The quantitative estimate of drug-likeness (QED) is 0.882. The summed E-state index contributed by atoms with van der Waals surface area (Å²) in [7, 11) is 0. The fraction of sp³-hybridized carbons (Fsp3) is 0.235. The Labute approximate surface area is 127 Å². The molecule has 3 heteroatoms. The third-order valence-corrected chi connectivity index (χ3v) is 4.49. The molecule has 0 saturated heterocycles. The molecule has 0 aromatic heterocycles. The van der Waals surface area contributed by atoms with Gasteiger partial charge in [-0.05, 0) is 64.5 Å². The molecule has 1 amide bonds. The standard InChI is InChI=1S/C17H16BrNO/c1-11-6-7-15(18)16(8-11)19-17(20)14-9-12-4-2-3-5-13(12)10-14/h2-8,14H,9-10H2,1H3,(H,19,20). The number of hydrogen-bond acceptors (Lipinski definition) is 1. The number of carbonyl (C=O) groups excluding carboxylic acids is 1. The Morgan fingerprint density at radius 3 is 2.45 bits per heavy atom. The molecule has 0 saturated carbocycles. The molecule has 0 radical (unpaired) electrons. The van der Waals surface area contributed by atoms with E-state index >= 15 is 0 Å². The first-order valence-corrected chi connectivity index (χ1v) is 7.56. The van der Waals surface area contributed by atoms with Gasteiger partial charge in [-0.1, -0.05) is 30.3 Å². The second-order valence-electron chi connectivity index (χ2n) is 5.35. The fourth-order valence-corrected chi connectivity index (χ4v) is 3.06. The van der Waals surface area contributed by atoms with E-state index in [4.69, 9.17) is 0 Å². The molecule has 20 heavy (non-hydrogen) atoms. The summed E-state index contributed by atoms with van der Waals surface area (Å²) in [4.78, 5) is 12.4. The van der Waals surface area contributed by atoms with E-state index in [1.54, 1.807) is 0 Å². The zero-order valence-corrected chi connectivity index (χ0v) is 12.9. The normalized spacial score (nSPS) is 14.1. The second kappa shape index (κ2) is 5.41. The molecule has 3 rings (SSSR count). The first kappa shape index (κ1) is 13.4. The van der Waals surface area contributed by atoms with Crippen LogP contribution in [0, 0.1) is 12.8 Å². The third-order valence-electron chi connectivity index (χ3n) is 3.80. The van der Waals surface area contributed by atoms with E-state index < -0.39 is 0 Å². The van der Waals surface area contributed by atoms with Gasteiger partial charge in [0.1, 0.15) is 0 Å². The van der Waals surface area contributed by atoms with Crippen LogP contribution in [0.5, 0.6) is 0 Å². The average molecular weight is 330 g/mol. The van der Waals surface area contributed by atoms with Crippen LogP contribution in [0.1, 0.15) is 16.7 Å². The van der Waals surface area contributed by atoms with Gasteiger partial charge in [0, 0.05) is 10.4 Å². The minimum Gasteiger partial charge on any atom is -0.325 e. The number of carbonyl (C=O) groups is 1. The van der Waals surface area contributed by atoms with Crippen LogP contribution >= 0.6 is 15.9 Å². The van der Waals surface area contributed by atoms with Gasteiger partial charge < -0.3 is 5.32 Å².